The van der Waals surface area contributed by atoms with Crippen molar-refractivity contribution in [1.82, 2.24) is 10.2 Å². The highest BCUT2D eigenvalue weighted by molar-refractivity contribution is 6.01. The third-order valence-corrected chi connectivity index (χ3v) is 5.15. The first-order chi connectivity index (χ1) is 11.5. The van der Waals surface area contributed by atoms with Crippen LogP contribution < -0.4 is 10.6 Å². The minimum Gasteiger partial charge on any atom is -0.374 e. The molecule has 0 saturated carbocycles. The van der Waals surface area contributed by atoms with Gasteiger partial charge in [0, 0.05) is 24.7 Å². The van der Waals surface area contributed by atoms with Gasteiger partial charge in [0.2, 0.25) is 11.8 Å². The number of hydrogen-bond donors (Lipinski definition) is 2. The van der Waals surface area contributed by atoms with Gasteiger partial charge in [-0.2, -0.15) is 0 Å². The lowest BCUT2D eigenvalue weighted by atomic mass is 9.90. The van der Waals surface area contributed by atoms with E-state index in [1.54, 1.807) is 0 Å². The predicted molar refractivity (Wildman–Crippen MR) is 94.9 cm³/mol. The fraction of sp³-hybridized carbons (Fsp3) is 0.579. The summed E-state index contributed by atoms with van der Waals surface area (Å²) in [6.45, 7) is 6.84. The lowest BCUT2D eigenvalue weighted by Gasteiger charge is -2.35. The summed E-state index contributed by atoms with van der Waals surface area (Å²) in [6.07, 6.45) is 3.44. The number of hydrogen-bond acceptors (Lipinski definition) is 4. The van der Waals surface area contributed by atoms with E-state index < -0.39 is 0 Å². The Labute approximate surface area is 143 Å². The van der Waals surface area contributed by atoms with Crippen LogP contribution in [0.5, 0.6) is 0 Å². The molecule has 2 N–H and O–H groups in total. The number of anilines is 1. The monoisotopic (exact) mass is 329 g/mol. The molecule has 0 radical (unpaired) electrons. The van der Waals surface area contributed by atoms with Gasteiger partial charge in [-0.25, -0.2) is 0 Å². The van der Waals surface area contributed by atoms with Crippen LogP contribution in [0.1, 0.15) is 51.0 Å². The van der Waals surface area contributed by atoms with Crippen molar-refractivity contribution in [2.75, 3.05) is 18.4 Å². The first-order valence-corrected chi connectivity index (χ1v) is 8.97. The number of amides is 2. The van der Waals surface area contributed by atoms with Gasteiger partial charge in [-0.05, 0) is 63.3 Å². The van der Waals surface area contributed by atoms with E-state index in [1.807, 2.05) is 12.1 Å². The van der Waals surface area contributed by atoms with Crippen LogP contribution in [0, 0.1) is 0 Å². The number of piperidine rings is 2. The molecule has 0 bridgehead atoms. The molecule has 130 valence electrons. The summed E-state index contributed by atoms with van der Waals surface area (Å²) in [7, 11) is 0. The molecule has 2 fully saturated rings. The van der Waals surface area contributed by atoms with Gasteiger partial charge < -0.3 is 10.2 Å². The minimum absolute atomic E-state index is 0.180. The molecule has 2 unspecified atom stereocenters. The molecular formula is C19H27N3O2. The average molecular weight is 329 g/mol. The first-order valence-electron chi connectivity index (χ1n) is 8.97. The molecule has 2 atom stereocenters. The van der Waals surface area contributed by atoms with Gasteiger partial charge in [0.1, 0.15) is 6.04 Å². The second kappa shape index (κ2) is 7.34. The van der Waals surface area contributed by atoms with Gasteiger partial charge in [0.15, 0.2) is 0 Å². The summed E-state index contributed by atoms with van der Waals surface area (Å²) < 4.78 is 0. The van der Waals surface area contributed by atoms with Crippen LogP contribution in [0.4, 0.5) is 5.69 Å². The van der Waals surface area contributed by atoms with Crippen molar-refractivity contribution < 1.29 is 9.59 Å². The molecule has 0 aromatic heterocycles. The number of imide groups is 1. The SMILES string of the molecule is CC(C)N1CCCC(c2ccc(NC3CCC(=O)NC3=O)cc2)C1. The second-order valence-corrected chi connectivity index (χ2v) is 7.20. The van der Waals surface area contributed by atoms with Crippen molar-refractivity contribution in [3.05, 3.63) is 29.8 Å². The third-order valence-electron chi connectivity index (χ3n) is 5.15. The van der Waals surface area contributed by atoms with E-state index in [0.717, 1.165) is 12.2 Å². The Kier molecular flexibility index (Phi) is 5.19. The minimum atomic E-state index is -0.320. The summed E-state index contributed by atoms with van der Waals surface area (Å²) in [6, 6.07) is 8.72. The number of carbonyl (C=O) groups is 2. The summed E-state index contributed by atoms with van der Waals surface area (Å²) in [5, 5.41) is 5.62. The van der Waals surface area contributed by atoms with Crippen molar-refractivity contribution in [3.8, 4) is 0 Å². The molecule has 3 rings (SSSR count). The first kappa shape index (κ1) is 17.0. The maximum absolute atomic E-state index is 11.8. The van der Waals surface area contributed by atoms with Crippen LogP contribution in [0.2, 0.25) is 0 Å². The molecule has 1 aromatic rings. The lowest BCUT2D eigenvalue weighted by molar-refractivity contribution is -0.133. The summed E-state index contributed by atoms with van der Waals surface area (Å²) in [5.41, 5.74) is 2.30. The Bertz CT molecular complexity index is 597. The van der Waals surface area contributed by atoms with E-state index in [1.165, 1.54) is 24.9 Å². The molecule has 5 heteroatoms. The van der Waals surface area contributed by atoms with E-state index in [4.69, 9.17) is 0 Å². The molecule has 2 aliphatic rings. The van der Waals surface area contributed by atoms with E-state index in [2.05, 4.69) is 41.5 Å². The molecule has 2 amide bonds. The Balaban J connectivity index is 1.61. The fourth-order valence-corrected chi connectivity index (χ4v) is 3.63. The molecule has 0 spiro atoms. The van der Waals surface area contributed by atoms with Crippen molar-refractivity contribution in [3.63, 3.8) is 0 Å². The normalized spacial score (nSPS) is 25.6. The van der Waals surface area contributed by atoms with Gasteiger partial charge in [-0.1, -0.05) is 12.1 Å². The lowest BCUT2D eigenvalue weighted by Crippen LogP contribution is -2.47. The Hall–Kier alpha value is -1.88. The maximum Gasteiger partial charge on any atom is 0.249 e. The fourth-order valence-electron chi connectivity index (χ4n) is 3.63. The number of nitrogens with zero attached hydrogens (tertiary/aromatic N) is 1. The van der Waals surface area contributed by atoms with E-state index in [0.29, 0.717) is 24.8 Å². The molecule has 2 heterocycles. The molecule has 24 heavy (non-hydrogen) atoms. The van der Waals surface area contributed by atoms with E-state index in [9.17, 15) is 9.59 Å². The van der Waals surface area contributed by atoms with Gasteiger partial charge in [0.25, 0.3) is 0 Å². The van der Waals surface area contributed by atoms with Gasteiger partial charge in [-0.3, -0.25) is 14.9 Å². The highest BCUT2D eigenvalue weighted by Crippen LogP contribution is 2.29. The number of rotatable bonds is 4. The third kappa shape index (κ3) is 3.96. The van der Waals surface area contributed by atoms with Crippen molar-refractivity contribution in [1.29, 1.82) is 0 Å². The Morgan fingerprint density at radius 1 is 1.17 bits per heavy atom. The number of nitrogens with one attached hydrogen (secondary N) is 2. The summed E-state index contributed by atoms with van der Waals surface area (Å²) in [4.78, 5) is 25.6. The topological polar surface area (TPSA) is 61.4 Å². The molecule has 5 nitrogen and oxygen atoms in total. The van der Waals surface area contributed by atoms with Crippen LogP contribution in [0.3, 0.4) is 0 Å². The average Bonchev–Trinajstić information content (AvgIpc) is 2.58. The smallest absolute Gasteiger partial charge is 0.249 e. The van der Waals surface area contributed by atoms with Crippen LogP contribution in [-0.4, -0.2) is 41.9 Å². The quantitative estimate of drug-likeness (QED) is 0.833. The zero-order valence-electron chi connectivity index (χ0n) is 14.5. The van der Waals surface area contributed by atoms with Crippen molar-refractivity contribution in [2.45, 2.75) is 57.5 Å². The summed E-state index contributed by atoms with van der Waals surface area (Å²) in [5.74, 6) is 0.182. The molecule has 2 saturated heterocycles. The highest BCUT2D eigenvalue weighted by Gasteiger charge is 2.26. The van der Waals surface area contributed by atoms with Crippen LogP contribution >= 0.6 is 0 Å². The Morgan fingerprint density at radius 2 is 1.92 bits per heavy atom. The van der Waals surface area contributed by atoms with Crippen molar-refractivity contribution >= 4 is 17.5 Å². The summed E-state index contributed by atoms with van der Waals surface area (Å²) >= 11 is 0. The molecular weight excluding hydrogens is 302 g/mol. The zero-order valence-corrected chi connectivity index (χ0v) is 14.5. The van der Waals surface area contributed by atoms with Gasteiger partial charge in [0.05, 0.1) is 0 Å². The van der Waals surface area contributed by atoms with E-state index >= 15 is 0 Å². The number of benzene rings is 1. The van der Waals surface area contributed by atoms with Crippen LogP contribution in [0.25, 0.3) is 0 Å². The second-order valence-electron chi connectivity index (χ2n) is 7.20. The standard InChI is InChI=1S/C19H27N3O2/c1-13(2)22-11-3-4-15(12-22)14-5-7-16(8-6-14)20-17-9-10-18(23)21-19(17)24/h5-8,13,15,17,20H,3-4,9-12H2,1-2H3,(H,21,23,24). The van der Waals surface area contributed by atoms with Crippen LogP contribution in [0.15, 0.2) is 24.3 Å². The van der Waals surface area contributed by atoms with Gasteiger partial charge in [-0.15, -0.1) is 0 Å². The predicted octanol–water partition coefficient (Wildman–Crippen LogP) is 2.49. The molecule has 1 aromatic carbocycles. The highest BCUT2D eigenvalue weighted by atomic mass is 16.2. The number of likely N-dealkylation sites (tertiary alicyclic amines) is 1. The van der Waals surface area contributed by atoms with Gasteiger partial charge >= 0.3 is 0 Å². The van der Waals surface area contributed by atoms with Crippen molar-refractivity contribution in [2.24, 2.45) is 0 Å². The largest absolute Gasteiger partial charge is 0.374 e. The maximum atomic E-state index is 11.8. The molecule has 0 aliphatic carbocycles. The Morgan fingerprint density at radius 3 is 2.58 bits per heavy atom. The van der Waals surface area contributed by atoms with E-state index in [-0.39, 0.29) is 17.9 Å². The zero-order chi connectivity index (χ0) is 17.1. The number of carbonyl (C=O) groups excluding carboxylic acids is 2. The van der Waals surface area contributed by atoms with Crippen LogP contribution in [-0.2, 0) is 9.59 Å². The molecule has 2 aliphatic heterocycles.